The molecule has 0 saturated carbocycles. The highest BCUT2D eigenvalue weighted by atomic mass is 16.5. The van der Waals surface area contributed by atoms with Crippen molar-refractivity contribution >= 4 is 0 Å². The van der Waals surface area contributed by atoms with Crippen molar-refractivity contribution < 1.29 is 9.47 Å². The molecule has 1 aromatic heterocycles. The molecule has 0 aliphatic carbocycles. The standard InChI is InChI=1S/C17H22N2O2/c1-3-10-18-12-14-13-19-11-9-17(14)21-16-7-5-15(6-8-16)20-4-2/h5-9,11,13,18H,3-4,10,12H2,1-2H3. The van der Waals surface area contributed by atoms with Crippen molar-refractivity contribution in [2.75, 3.05) is 13.2 Å². The first-order valence-corrected chi connectivity index (χ1v) is 7.37. The number of pyridine rings is 1. The van der Waals surface area contributed by atoms with Crippen LogP contribution in [-0.4, -0.2) is 18.1 Å². The maximum Gasteiger partial charge on any atom is 0.134 e. The van der Waals surface area contributed by atoms with Gasteiger partial charge in [0.05, 0.1) is 6.61 Å². The van der Waals surface area contributed by atoms with E-state index in [2.05, 4.69) is 17.2 Å². The molecule has 112 valence electrons. The Morgan fingerprint density at radius 3 is 2.52 bits per heavy atom. The van der Waals surface area contributed by atoms with E-state index in [1.807, 2.05) is 43.5 Å². The number of hydrogen-bond acceptors (Lipinski definition) is 4. The lowest BCUT2D eigenvalue weighted by Crippen LogP contribution is -2.14. The maximum atomic E-state index is 5.94. The lowest BCUT2D eigenvalue weighted by atomic mass is 10.2. The first-order valence-electron chi connectivity index (χ1n) is 7.37. The van der Waals surface area contributed by atoms with Crippen LogP contribution in [-0.2, 0) is 6.54 Å². The Balaban J connectivity index is 2.04. The number of nitrogens with one attached hydrogen (secondary N) is 1. The molecule has 0 atom stereocenters. The average molecular weight is 286 g/mol. The highest BCUT2D eigenvalue weighted by Crippen LogP contribution is 2.26. The second-order valence-electron chi connectivity index (χ2n) is 4.67. The highest BCUT2D eigenvalue weighted by Gasteiger charge is 2.05. The van der Waals surface area contributed by atoms with Crippen molar-refractivity contribution in [1.82, 2.24) is 10.3 Å². The minimum atomic E-state index is 0.664. The Kier molecular flexibility index (Phi) is 6.03. The van der Waals surface area contributed by atoms with Crippen LogP contribution < -0.4 is 14.8 Å². The van der Waals surface area contributed by atoms with Crippen molar-refractivity contribution in [3.8, 4) is 17.2 Å². The van der Waals surface area contributed by atoms with Crippen LogP contribution in [0.5, 0.6) is 17.2 Å². The van der Waals surface area contributed by atoms with Gasteiger partial charge in [0, 0.05) is 24.5 Å². The molecule has 4 nitrogen and oxygen atoms in total. The zero-order chi connectivity index (χ0) is 14.9. The minimum absolute atomic E-state index is 0.664. The van der Waals surface area contributed by atoms with E-state index in [0.29, 0.717) is 6.61 Å². The number of aromatic nitrogens is 1. The van der Waals surface area contributed by atoms with Gasteiger partial charge in [0.1, 0.15) is 17.2 Å². The summed E-state index contributed by atoms with van der Waals surface area (Å²) in [5.41, 5.74) is 1.06. The summed E-state index contributed by atoms with van der Waals surface area (Å²) in [5, 5.41) is 3.36. The van der Waals surface area contributed by atoms with Crippen molar-refractivity contribution in [1.29, 1.82) is 0 Å². The summed E-state index contributed by atoms with van der Waals surface area (Å²) in [6.07, 6.45) is 4.69. The minimum Gasteiger partial charge on any atom is -0.494 e. The van der Waals surface area contributed by atoms with Crippen LogP contribution in [0.4, 0.5) is 0 Å². The molecule has 1 aromatic carbocycles. The molecule has 0 unspecified atom stereocenters. The van der Waals surface area contributed by atoms with E-state index in [0.717, 1.165) is 42.3 Å². The maximum absolute atomic E-state index is 5.94. The number of hydrogen-bond donors (Lipinski definition) is 1. The first kappa shape index (κ1) is 15.3. The average Bonchev–Trinajstić information content (AvgIpc) is 2.51. The lowest BCUT2D eigenvalue weighted by molar-refractivity contribution is 0.339. The van der Waals surface area contributed by atoms with E-state index in [4.69, 9.17) is 9.47 Å². The third kappa shape index (κ3) is 4.76. The predicted molar refractivity (Wildman–Crippen MR) is 83.9 cm³/mol. The largest absolute Gasteiger partial charge is 0.494 e. The number of benzene rings is 1. The van der Waals surface area contributed by atoms with Gasteiger partial charge in [-0.05, 0) is 50.2 Å². The number of nitrogens with zero attached hydrogens (tertiary/aromatic N) is 1. The third-order valence-electron chi connectivity index (χ3n) is 2.96. The molecule has 0 saturated heterocycles. The van der Waals surface area contributed by atoms with Crippen LogP contribution in [0.1, 0.15) is 25.8 Å². The monoisotopic (exact) mass is 286 g/mol. The molecule has 0 aliphatic heterocycles. The van der Waals surface area contributed by atoms with Gasteiger partial charge in [-0.15, -0.1) is 0 Å². The molecule has 1 heterocycles. The second kappa shape index (κ2) is 8.27. The molecule has 1 N–H and O–H groups in total. The molecule has 0 fully saturated rings. The van der Waals surface area contributed by atoms with E-state index < -0.39 is 0 Å². The van der Waals surface area contributed by atoms with Gasteiger partial charge in [-0.1, -0.05) is 6.92 Å². The molecule has 2 rings (SSSR count). The van der Waals surface area contributed by atoms with Gasteiger partial charge in [0.15, 0.2) is 0 Å². The van der Waals surface area contributed by atoms with Crippen LogP contribution in [0.25, 0.3) is 0 Å². The Labute approximate surface area is 126 Å². The summed E-state index contributed by atoms with van der Waals surface area (Å²) in [6, 6.07) is 9.53. The summed E-state index contributed by atoms with van der Waals surface area (Å²) >= 11 is 0. The Hall–Kier alpha value is -2.07. The molecule has 0 spiro atoms. The van der Waals surface area contributed by atoms with Gasteiger partial charge in [0.2, 0.25) is 0 Å². The summed E-state index contributed by atoms with van der Waals surface area (Å²) in [7, 11) is 0. The van der Waals surface area contributed by atoms with Gasteiger partial charge >= 0.3 is 0 Å². The van der Waals surface area contributed by atoms with Gasteiger partial charge in [-0.25, -0.2) is 0 Å². The number of rotatable bonds is 8. The smallest absolute Gasteiger partial charge is 0.134 e. The zero-order valence-electron chi connectivity index (χ0n) is 12.6. The van der Waals surface area contributed by atoms with Crippen molar-refractivity contribution in [2.45, 2.75) is 26.8 Å². The zero-order valence-corrected chi connectivity index (χ0v) is 12.6. The quantitative estimate of drug-likeness (QED) is 0.750. The molecule has 0 bridgehead atoms. The van der Waals surface area contributed by atoms with Crippen LogP contribution in [0, 0.1) is 0 Å². The van der Waals surface area contributed by atoms with Crippen molar-refractivity contribution in [3.05, 3.63) is 48.3 Å². The fourth-order valence-corrected chi connectivity index (χ4v) is 1.94. The molecular weight excluding hydrogens is 264 g/mol. The summed E-state index contributed by atoms with van der Waals surface area (Å²) in [4.78, 5) is 4.16. The summed E-state index contributed by atoms with van der Waals surface area (Å²) < 4.78 is 11.4. The van der Waals surface area contributed by atoms with Crippen LogP contribution in [0.15, 0.2) is 42.7 Å². The molecule has 21 heavy (non-hydrogen) atoms. The third-order valence-corrected chi connectivity index (χ3v) is 2.96. The van der Waals surface area contributed by atoms with E-state index in [9.17, 15) is 0 Å². The summed E-state index contributed by atoms with van der Waals surface area (Å²) in [5.74, 6) is 2.48. The summed E-state index contributed by atoms with van der Waals surface area (Å²) in [6.45, 7) is 6.52. The van der Waals surface area contributed by atoms with Crippen LogP contribution in [0.2, 0.25) is 0 Å². The van der Waals surface area contributed by atoms with E-state index in [-0.39, 0.29) is 0 Å². The van der Waals surface area contributed by atoms with Crippen molar-refractivity contribution in [2.24, 2.45) is 0 Å². The second-order valence-corrected chi connectivity index (χ2v) is 4.67. The van der Waals surface area contributed by atoms with E-state index in [1.54, 1.807) is 6.20 Å². The Bertz CT molecular complexity index is 541. The van der Waals surface area contributed by atoms with Gasteiger partial charge < -0.3 is 14.8 Å². The Morgan fingerprint density at radius 1 is 1.05 bits per heavy atom. The highest BCUT2D eigenvalue weighted by molar-refractivity contribution is 5.38. The van der Waals surface area contributed by atoms with Gasteiger partial charge in [-0.3, -0.25) is 4.98 Å². The fraction of sp³-hybridized carbons (Fsp3) is 0.353. The molecule has 4 heteroatoms. The molecule has 2 aromatic rings. The van der Waals surface area contributed by atoms with E-state index >= 15 is 0 Å². The molecular formula is C17H22N2O2. The molecule has 0 aliphatic rings. The van der Waals surface area contributed by atoms with Crippen LogP contribution >= 0.6 is 0 Å². The van der Waals surface area contributed by atoms with E-state index in [1.165, 1.54) is 0 Å². The number of ether oxygens (including phenoxy) is 2. The molecule has 0 amide bonds. The fourth-order valence-electron chi connectivity index (χ4n) is 1.94. The SMILES string of the molecule is CCCNCc1cnccc1Oc1ccc(OCC)cc1. The lowest BCUT2D eigenvalue weighted by Gasteiger charge is -2.11. The topological polar surface area (TPSA) is 43.4 Å². The molecule has 0 radical (unpaired) electrons. The van der Waals surface area contributed by atoms with Gasteiger partial charge in [0.25, 0.3) is 0 Å². The predicted octanol–water partition coefficient (Wildman–Crippen LogP) is 3.77. The van der Waals surface area contributed by atoms with Crippen molar-refractivity contribution in [3.63, 3.8) is 0 Å². The van der Waals surface area contributed by atoms with Gasteiger partial charge in [-0.2, -0.15) is 0 Å². The normalized spacial score (nSPS) is 10.4. The van der Waals surface area contributed by atoms with Crippen LogP contribution in [0.3, 0.4) is 0 Å². The Morgan fingerprint density at radius 2 is 1.81 bits per heavy atom. The first-order chi connectivity index (χ1) is 10.3.